The Morgan fingerprint density at radius 1 is 1.48 bits per heavy atom. The summed E-state index contributed by atoms with van der Waals surface area (Å²) in [6, 6.07) is 7.92. The smallest absolute Gasteiger partial charge is 0.251 e. The largest absolute Gasteiger partial charge is 0.490 e. The number of hydrogen-bond acceptors (Lipinski definition) is 3. The van der Waals surface area contributed by atoms with Gasteiger partial charge in [0, 0.05) is 17.6 Å². The molecule has 1 heterocycles. The summed E-state index contributed by atoms with van der Waals surface area (Å²) in [7, 11) is 0. The van der Waals surface area contributed by atoms with Crippen LogP contribution in [0.1, 0.15) is 30.1 Å². The van der Waals surface area contributed by atoms with Crippen LogP contribution in [0.25, 0.3) is 0 Å². The van der Waals surface area contributed by atoms with Crippen molar-refractivity contribution in [1.82, 2.24) is 10.6 Å². The molecular weight excluding hydrogens is 288 g/mol. The van der Waals surface area contributed by atoms with Crippen molar-refractivity contribution >= 4 is 18.3 Å². The summed E-state index contributed by atoms with van der Waals surface area (Å²) in [5.74, 6) is 0.733. The van der Waals surface area contributed by atoms with Gasteiger partial charge in [-0.3, -0.25) is 4.79 Å². The van der Waals surface area contributed by atoms with Crippen molar-refractivity contribution in [3.05, 3.63) is 42.5 Å². The Balaban J connectivity index is 0.00000220. The van der Waals surface area contributed by atoms with Gasteiger partial charge >= 0.3 is 0 Å². The third-order valence-electron chi connectivity index (χ3n) is 3.44. The standard InChI is InChI=1S/C16H22N2O2.ClH/c1-3-10-20-15-6-4-13(5-7-15)16(19)18-14-8-9-17-12(2)11-14;/h3-7,12,14,17H,1,8-11H2,2H3,(H,18,19);1H. The molecule has 0 spiro atoms. The first-order valence-corrected chi connectivity index (χ1v) is 7.07. The minimum absolute atomic E-state index is 0. The molecule has 1 aliphatic rings. The molecule has 5 heteroatoms. The summed E-state index contributed by atoms with van der Waals surface area (Å²) < 4.78 is 5.40. The molecule has 0 radical (unpaired) electrons. The fourth-order valence-corrected chi connectivity index (χ4v) is 2.39. The van der Waals surface area contributed by atoms with E-state index in [0.29, 0.717) is 18.2 Å². The number of carbonyl (C=O) groups is 1. The number of nitrogens with one attached hydrogen (secondary N) is 2. The fourth-order valence-electron chi connectivity index (χ4n) is 2.39. The van der Waals surface area contributed by atoms with Crippen LogP contribution in [-0.2, 0) is 0 Å². The highest BCUT2D eigenvalue weighted by Gasteiger charge is 2.20. The Kier molecular flexibility index (Phi) is 7.26. The predicted octanol–water partition coefficient (Wildman–Crippen LogP) is 2.54. The van der Waals surface area contributed by atoms with Crippen LogP contribution >= 0.6 is 12.4 Å². The van der Waals surface area contributed by atoms with E-state index in [9.17, 15) is 4.79 Å². The van der Waals surface area contributed by atoms with Crippen molar-refractivity contribution in [2.24, 2.45) is 0 Å². The van der Waals surface area contributed by atoms with E-state index < -0.39 is 0 Å². The lowest BCUT2D eigenvalue weighted by molar-refractivity contribution is 0.0925. The summed E-state index contributed by atoms with van der Waals surface area (Å²) >= 11 is 0. The van der Waals surface area contributed by atoms with E-state index in [1.807, 2.05) is 12.1 Å². The van der Waals surface area contributed by atoms with Crippen LogP contribution in [0.3, 0.4) is 0 Å². The zero-order chi connectivity index (χ0) is 14.4. The maximum Gasteiger partial charge on any atom is 0.251 e. The summed E-state index contributed by atoms with van der Waals surface area (Å²) in [4.78, 5) is 12.2. The van der Waals surface area contributed by atoms with Gasteiger partial charge < -0.3 is 15.4 Å². The van der Waals surface area contributed by atoms with Gasteiger partial charge in [0.1, 0.15) is 12.4 Å². The molecule has 116 valence electrons. The lowest BCUT2D eigenvalue weighted by Gasteiger charge is -2.28. The van der Waals surface area contributed by atoms with Crippen molar-refractivity contribution in [1.29, 1.82) is 0 Å². The van der Waals surface area contributed by atoms with E-state index in [2.05, 4.69) is 24.1 Å². The molecule has 0 aromatic heterocycles. The third kappa shape index (κ3) is 5.40. The Morgan fingerprint density at radius 2 is 2.19 bits per heavy atom. The van der Waals surface area contributed by atoms with Gasteiger partial charge in [0.15, 0.2) is 0 Å². The number of carbonyl (C=O) groups excluding carboxylic acids is 1. The first-order chi connectivity index (χ1) is 9.69. The molecule has 1 aliphatic heterocycles. The normalized spacial score (nSPS) is 21.0. The topological polar surface area (TPSA) is 50.4 Å². The zero-order valence-electron chi connectivity index (χ0n) is 12.3. The molecule has 2 N–H and O–H groups in total. The Hall–Kier alpha value is -1.52. The molecular formula is C16H23ClN2O2. The van der Waals surface area contributed by atoms with Gasteiger partial charge in [-0.1, -0.05) is 12.7 Å². The molecule has 1 aromatic carbocycles. The molecule has 1 aromatic rings. The molecule has 2 rings (SSSR count). The van der Waals surface area contributed by atoms with Crippen LogP contribution in [0.5, 0.6) is 5.75 Å². The third-order valence-corrected chi connectivity index (χ3v) is 3.44. The molecule has 0 aliphatic carbocycles. The second-order valence-corrected chi connectivity index (χ2v) is 5.17. The molecule has 2 atom stereocenters. The van der Waals surface area contributed by atoms with E-state index in [1.54, 1.807) is 18.2 Å². The molecule has 1 saturated heterocycles. The second-order valence-electron chi connectivity index (χ2n) is 5.17. The molecule has 2 unspecified atom stereocenters. The van der Waals surface area contributed by atoms with Gasteiger partial charge in [-0.15, -0.1) is 12.4 Å². The number of ether oxygens (including phenoxy) is 1. The SMILES string of the molecule is C=CCOc1ccc(C(=O)NC2CCNC(C)C2)cc1.Cl. The minimum Gasteiger partial charge on any atom is -0.490 e. The number of benzene rings is 1. The highest BCUT2D eigenvalue weighted by atomic mass is 35.5. The Bertz CT molecular complexity index is 462. The lowest BCUT2D eigenvalue weighted by atomic mass is 10.0. The average molecular weight is 311 g/mol. The van der Waals surface area contributed by atoms with Gasteiger partial charge in [0.25, 0.3) is 5.91 Å². The maximum absolute atomic E-state index is 12.2. The number of halogens is 1. The Morgan fingerprint density at radius 3 is 2.81 bits per heavy atom. The molecule has 0 bridgehead atoms. The number of piperidine rings is 1. The molecule has 1 fully saturated rings. The predicted molar refractivity (Wildman–Crippen MR) is 87.3 cm³/mol. The first kappa shape index (κ1) is 17.5. The fraction of sp³-hybridized carbons (Fsp3) is 0.438. The molecule has 4 nitrogen and oxygen atoms in total. The lowest BCUT2D eigenvalue weighted by Crippen LogP contribution is -2.46. The van der Waals surface area contributed by atoms with E-state index in [1.165, 1.54) is 0 Å². The highest BCUT2D eigenvalue weighted by molar-refractivity contribution is 5.94. The quantitative estimate of drug-likeness (QED) is 0.822. The summed E-state index contributed by atoms with van der Waals surface area (Å²) in [6.07, 6.45) is 3.65. The van der Waals surface area contributed by atoms with Crippen molar-refractivity contribution in [3.63, 3.8) is 0 Å². The van der Waals surface area contributed by atoms with Crippen LogP contribution in [0.4, 0.5) is 0 Å². The number of amides is 1. The maximum atomic E-state index is 12.2. The van der Waals surface area contributed by atoms with E-state index in [-0.39, 0.29) is 24.4 Å². The van der Waals surface area contributed by atoms with Crippen molar-refractivity contribution in [2.75, 3.05) is 13.2 Å². The van der Waals surface area contributed by atoms with Crippen molar-refractivity contribution < 1.29 is 9.53 Å². The van der Waals surface area contributed by atoms with Gasteiger partial charge in [0.2, 0.25) is 0 Å². The number of hydrogen-bond donors (Lipinski definition) is 2. The van der Waals surface area contributed by atoms with Crippen molar-refractivity contribution in [2.45, 2.75) is 31.8 Å². The van der Waals surface area contributed by atoms with Gasteiger partial charge in [0.05, 0.1) is 0 Å². The van der Waals surface area contributed by atoms with Crippen LogP contribution < -0.4 is 15.4 Å². The second kappa shape index (κ2) is 8.70. The molecule has 0 saturated carbocycles. The van der Waals surface area contributed by atoms with E-state index in [4.69, 9.17) is 4.74 Å². The number of rotatable bonds is 5. The van der Waals surface area contributed by atoms with Crippen molar-refractivity contribution in [3.8, 4) is 5.75 Å². The van der Waals surface area contributed by atoms with E-state index in [0.717, 1.165) is 25.1 Å². The summed E-state index contributed by atoms with van der Waals surface area (Å²) in [5.41, 5.74) is 0.669. The molecule has 1 amide bonds. The first-order valence-electron chi connectivity index (χ1n) is 7.07. The van der Waals surface area contributed by atoms with Crippen LogP contribution in [0.2, 0.25) is 0 Å². The average Bonchev–Trinajstić information content (AvgIpc) is 2.45. The molecule has 21 heavy (non-hydrogen) atoms. The van der Waals surface area contributed by atoms with Gasteiger partial charge in [-0.05, 0) is 50.6 Å². The Labute approximate surface area is 132 Å². The van der Waals surface area contributed by atoms with Gasteiger partial charge in [-0.25, -0.2) is 0 Å². The highest BCUT2D eigenvalue weighted by Crippen LogP contribution is 2.13. The van der Waals surface area contributed by atoms with E-state index >= 15 is 0 Å². The minimum atomic E-state index is -0.0145. The van der Waals surface area contributed by atoms with Gasteiger partial charge in [-0.2, -0.15) is 0 Å². The summed E-state index contributed by atoms with van der Waals surface area (Å²) in [6.45, 7) is 7.17. The van der Waals surface area contributed by atoms with Crippen LogP contribution in [0.15, 0.2) is 36.9 Å². The zero-order valence-corrected chi connectivity index (χ0v) is 13.1. The summed E-state index contributed by atoms with van der Waals surface area (Å²) in [5, 5.41) is 6.47. The van der Waals surface area contributed by atoms with Crippen LogP contribution in [-0.4, -0.2) is 31.1 Å². The monoisotopic (exact) mass is 310 g/mol. The van der Waals surface area contributed by atoms with Crippen LogP contribution in [0, 0.1) is 0 Å².